The van der Waals surface area contributed by atoms with E-state index in [0.717, 1.165) is 77.0 Å². The summed E-state index contributed by atoms with van der Waals surface area (Å²) in [5.41, 5.74) is 0.962. The number of rotatable bonds is 9. The number of benzene rings is 1. The lowest BCUT2D eigenvalue weighted by Gasteiger charge is -2.34. The second kappa shape index (κ2) is 12.8. The number of nitrogens with one attached hydrogen (secondary N) is 2. The molecule has 0 bridgehead atoms. The zero-order valence-electron chi connectivity index (χ0n) is 18.1. The lowest BCUT2D eigenvalue weighted by molar-refractivity contribution is 0.0179. The summed E-state index contributed by atoms with van der Waals surface area (Å²) in [6.07, 6.45) is 1.06. The molecule has 1 atom stereocenters. The van der Waals surface area contributed by atoms with Crippen molar-refractivity contribution in [1.29, 1.82) is 0 Å². The summed E-state index contributed by atoms with van der Waals surface area (Å²) in [5.74, 6) is 0.608. The van der Waals surface area contributed by atoms with E-state index in [0.29, 0.717) is 19.8 Å². The highest BCUT2D eigenvalue weighted by Gasteiger charge is 2.23. The van der Waals surface area contributed by atoms with E-state index in [1.807, 2.05) is 6.07 Å². The Morgan fingerprint density at radius 2 is 1.83 bits per heavy atom. The molecule has 0 radical (unpaired) electrons. The summed E-state index contributed by atoms with van der Waals surface area (Å²) >= 11 is 0. The summed E-state index contributed by atoms with van der Waals surface area (Å²) in [5, 5.41) is 6.78. The van der Waals surface area contributed by atoms with Crippen LogP contribution in [-0.4, -0.2) is 94.5 Å². The number of hydrogen-bond acceptors (Lipinski definition) is 5. The van der Waals surface area contributed by atoms with Crippen LogP contribution in [0.15, 0.2) is 29.3 Å². The Bertz CT molecular complexity index is 648. The van der Waals surface area contributed by atoms with Crippen molar-refractivity contribution >= 4 is 5.96 Å². The minimum Gasteiger partial charge on any atom is -0.379 e. The van der Waals surface area contributed by atoms with E-state index in [1.165, 1.54) is 6.07 Å². The molecule has 0 spiro atoms. The van der Waals surface area contributed by atoms with Gasteiger partial charge in [0.25, 0.3) is 0 Å². The smallest absolute Gasteiger partial charge is 0.191 e. The van der Waals surface area contributed by atoms with Crippen LogP contribution in [0, 0.1) is 5.82 Å². The fraction of sp³-hybridized carbons (Fsp3) is 0.682. The van der Waals surface area contributed by atoms with E-state index in [2.05, 4.69) is 27.4 Å². The summed E-state index contributed by atoms with van der Waals surface area (Å²) < 4.78 is 24.8. The molecule has 7 nitrogen and oxygen atoms in total. The lowest BCUT2D eigenvalue weighted by Crippen LogP contribution is -2.42. The van der Waals surface area contributed by atoms with Gasteiger partial charge in [0, 0.05) is 39.3 Å². The topological polar surface area (TPSA) is 61.4 Å². The van der Waals surface area contributed by atoms with Gasteiger partial charge in [0.1, 0.15) is 5.82 Å². The molecular formula is C22H36FN5O2. The Morgan fingerprint density at radius 1 is 1.10 bits per heavy atom. The third kappa shape index (κ3) is 7.50. The molecule has 0 amide bonds. The van der Waals surface area contributed by atoms with Gasteiger partial charge >= 0.3 is 0 Å². The summed E-state index contributed by atoms with van der Waals surface area (Å²) in [7, 11) is 0. The highest BCUT2D eigenvalue weighted by atomic mass is 19.1. The standard InChI is InChI=1S/C22H36FN5O2/c1-2-24-22(25-7-4-8-27-9-13-29-14-10-27)26-18-21(28-11-15-30-16-12-28)19-5-3-6-20(23)17-19/h3,5-6,17,21H,2,4,7-16,18H2,1H3,(H2,24,25,26). The first-order chi connectivity index (χ1) is 14.8. The molecule has 2 aliphatic rings. The molecule has 2 saturated heterocycles. The Kier molecular flexibility index (Phi) is 9.82. The summed E-state index contributed by atoms with van der Waals surface area (Å²) in [6.45, 7) is 12.1. The number of aliphatic imine (C=N–C) groups is 1. The second-order valence-corrected chi connectivity index (χ2v) is 7.67. The van der Waals surface area contributed by atoms with Gasteiger partial charge in [0.2, 0.25) is 0 Å². The molecule has 1 unspecified atom stereocenters. The first-order valence-electron chi connectivity index (χ1n) is 11.2. The van der Waals surface area contributed by atoms with Crippen molar-refractivity contribution in [3.8, 4) is 0 Å². The van der Waals surface area contributed by atoms with E-state index in [4.69, 9.17) is 14.5 Å². The van der Waals surface area contributed by atoms with Gasteiger partial charge in [0.05, 0.1) is 39.0 Å². The van der Waals surface area contributed by atoms with Crippen molar-refractivity contribution < 1.29 is 13.9 Å². The van der Waals surface area contributed by atoms with Gasteiger partial charge in [-0.2, -0.15) is 0 Å². The third-order valence-electron chi connectivity index (χ3n) is 5.53. The van der Waals surface area contributed by atoms with Crippen LogP contribution in [0.2, 0.25) is 0 Å². The van der Waals surface area contributed by atoms with Crippen LogP contribution in [0.25, 0.3) is 0 Å². The normalized spacial score (nSPS) is 20.1. The van der Waals surface area contributed by atoms with Crippen molar-refractivity contribution in [3.63, 3.8) is 0 Å². The quantitative estimate of drug-likeness (QED) is 0.358. The van der Waals surface area contributed by atoms with E-state index < -0.39 is 0 Å². The van der Waals surface area contributed by atoms with Crippen molar-refractivity contribution in [2.45, 2.75) is 19.4 Å². The van der Waals surface area contributed by atoms with Crippen molar-refractivity contribution in [2.75, 3.05) is 78.8 Å². The number of hydrogen-bond donors (Lipinski definition) is 2. The van der Waals surface area contributed by atoms with Gasteiger partial charge < -0.3 is 20.1 Å². The monoisotopic (exact) mass is 421 g/mol. The van der Waals surface area contributed by atoms with Crippen LogP contribution >= 0.6 is 0 Å². The first kappa shape index (κ1) is 22.9. The minimum absolute atomic E-state index is 0.0356. The fourth-order valence-corrected chi connectivity index (χ4v) is 3.89. The van der Waals surface area contributed by atoms with Crippen molar-refractivity contribution in [2.24, 2.45) is 4.99 Å². The maximum absolute atomic E-state index is 13.9. The van der Waals surface area contributed by atoms with Gasteiger partial charge in [-0.25, -0.2) is 4.39 Å². The zero-order chi connectivity index (χ0) is 21.0. The average Bonchev–Trinajstić information content (AvgIpc) is 2.78. The number of ether oxygens (including phenoxy) is 2. The highest BCUT2D eigenvalue weighted by Crippen LogP contribution is 2.23. The molecule has 1 aromatic rings. The molecule has 8 heteroatoms. The molecule has 30 heavy (non-hydrogen) atoms. The second-order valence-electron chi connectivity index (χ2n) is 7.67. The Balaban J connectivity index is 1.57. The molecular weight excluding hydrogens is 385 g/mol. The largest absolute Gasteiger partial charge is 0.379 e. The summed E-state index contributed by atoms with van der Waals surface area (Å²) in [6, 6.07) is 6.91. The molecule has 2 heterocycles. The average molecular weight is 422 g/mol. The number of guanidine groups is 1. The zero-order valence-corrected chi connectivity index (χ0v) is 18.1. The van der Waals surface area contributed by atoms with E-state index >= 15 is 0 Å². The minimum atomic E-state index is -0.206. The van der Waals surface area contributed by atoms with Crippen LogP contribution in [0.4, 0.5) is 4.39 Å². The Labute approximate surface area is 179 Å². The van der Waals surface area contributed by atoms with Crippen LogP contribution in [0.3, 0.4) is 0 Å². The summed E-state index contributed by atoms with van der Waals surface area (Å²) in [4.78, 5) is 9.61. The fourth-order valence-electron chi connectivity index (χ4n) is 3.89. The van der Waals surface area contributed by atoms with Crippen LogP contribution in [0.5, 0.6) is 0 Å². The van der Waals surface area contributed by atoms with E-state index in [1.54, 1.807) is 12.1 Å². The van der Waals surface area contributed by atoms with Gasteiger partial charge in [-0.1, -0.05) is 12.1 Å². The van der Waals surface area contributed by atoms with Crippen molar-refractivity contribution in [3.05, 3.63) is 35.6 Å². The first-order valence-corrected chi connectivity index (χ1v) is 11.2. The van der Waals surface area contributed by atoms with Crippen LogP contribution in [-0.2, 0) is 9.47 Å². The predicted molar refractivity (Wildman–Crippen MR) is 117 cm³/mol. The van der Waals surface area contributed by atoms with Crippen LogP contribution in [0.1, 0.15) is 24.9 Å². The molecule has 0 saturated carbocycles. The molecule has 0 aliphatic carbocycles. The predicted octanol–water partition coefficient (Wildman–Crippen LogP) is 1.48. The SMILES string of the molecule is CCNC(=NCC(c1cccc(F)c1)N1CCOCC1)NCCCN1CCOCC1. The Hall–Kier alpha value is -1.74. The molecule has 2 N–H and O–H groups in total. The van der Waals surface area contributed by atoms with E-state index in [9.17, 15) is 4.39 Å². The molecule has 1 aromatic carbocycles. The molecule has 2 aliphatic heterocycles. The maximum atomic E-state index is 13.9. The highest BCUT2D eigenvalue weighted by molar-refractivity contribution is 5.79. The van der Waals surface area contributed by atoms with Gasteiger partial charge in [-0.05, 0) is 37.6 Å². The van der Waals surface area contributed by atoms with Crippen molar-refractivity contribution in [1.82, 2.24) is 20.4 Å². The van der Waals surface area contributed by atoms with Crippen LogP contribution < -0.4 is 10.6 Å². The maximum Gasteiger partial charge on any atom is 0.191 e. The number of halogens is 1. The third-order valence-corrected chi connectivity index (χ3v) is 5.53. The van der Waals surface area contributed by atoms with E-state index in [-0.39, 0.29) is 11.9 Å². The van der Waals surface area contributed by atoms with Gasteiger partial charge in [0.15, 0.2) is 5.96 Å². The molecule has 3 rings (SSSR count). The van der Waals surface area contributed by atoms with Gasteiger partial charge in [-0.15, -0.1) is 0 Å². The molecule has 168 valence electrons. The van der Waals surface area contributed by atoms with Gasteiger partial charge in [-0.3, -0.25) is 14.8 Å². The molecule has 0 aromatic heterocycles. The molecule has 2 fully saturated rings. The Morgan fingerprint density at radius 3 is 2.53 bits per heavy atom. The lowest BCUT2D eigenvalue weighted by atomic mass is 10.0. The number of morpholine rings is 2. The number of nitrogens with zero attached hydrogens (tertiary/aromatic N) is 3.